The van der Waals surface area contributed by atoms with Crippen LogP contribution in [0.5, 0.6) is 5.75 Å². The van der Waals surface area contributed by atoms with E-state index in [1.165, 1.54) is 12.1 Å². The van der Waals surface area contributed by atoms with E-state index in [4.69, 9.17) is 25.2 Å². The topological polar surface area (TPSA) is 82.5 Å². The maximum atomic E-state index is 12.2. The summed E-state index contributed by atoms with van der Waals surface area (Å²) in [5.41, 5.74) is 1.58. The molecule has 0 fully saturated rings. The summed E-state index contributed by atoms with van der Waals surface area (Å²) in [6, 6.07) is 13.6. The number of benzene rings is 2. The number of carbonyl (C=O) groups excluding carboxylic acids is 1. The Balaban J connectivity index is 1.40. The Hall–Kier alpha value is -3.38. The van der Waals surface area contributed by atoms with Crippen LogP contribution in [0.1, 0.15) is 17.9 Å². The fraction of sp³-hybridized carbons (Fsp3) is 0.136. The number of aromatic nitrogens is 1. The van der Waals surface area contributed by atoms with Crippen LogP contribution >= 0.6 is 11.6 Å². The van der Waals surface area contributed by atoms with Crippen molar-refractivity contribution in [1.82, 2.24) is 4.98 Å². The first-order valence-electron chi connectivity index (χ1n) is 8.94. The summed E-state index contributed by atoms with van der Waals surface area (Å²) in [7, 11) is 0. The molecule has 2 heterocycles. The van der Waals surface area contributed by atoms with Gasteiger partial charge in [-0.1, -0.05) is 11.6 Å². The van der Waals surface area contributed by atoms with Crippen LogP contribution in [0.25, 0.3) is 22.3 Å². The molecular formula is C22H16ClNO5. The Morgan fingerprint density at radius 2 is 1.90 bits per heavy atom. The normalized spacial score (nSPS) is 11.0. The average molecular weight is 410 g/mol. The first kappa shape index (κ1) is 19.0. The molecule has 0 aliphatic rings. The second-order valence-electron chi connectivity index (χ2n) is 6.51. The van der Waals surface area contributed by atoms with E-state index in [9.17, 15) is 9.59 Å². The van der Waals surface area contributed by atoms with Crippen LogP contribution in [0.3, 0.4) is 0 Å². The molecule has 0 saturated carbocycles. The Labute approximate surface area is 170 Å². The van der Waals surface area contributed by atoms with Gasteiger partial charge in [-0.3, -0.25) is 4.79 Å². The van der Waals surface area contributed by atoms with Crippen LogP contribution < -0.4 is 10.4 Å². The minimum absolute atomic E-state index is 0.0936. The number of rotatable bonds is 5. The van der Waals surface area contributed by atoms with Crippen LogP contribution in [0.4, 0.5) is 0 Å². The SMILES string of the molecule is Cc1cc(=O)oc2cc(OC(=O)CCc3ncc(-c4ccc(Cl)cc4)o3)ccc12. The van der Waals surface area contributed by atoms with Gasteiger partial charge < -0.3 is 13.6 Å². The van der Waals surface area contributed by atoms with Gasteiger partial charge in [-0.15, -0.1) is 0 Å². The van der Waals surface area contributed by atoms with Gasteiger partial charge >= 0.3 is 11.6 Å². The lowest BCUT2D eigenvalue weighted by Gasteiger charge is -2.05. The lowest BCUT2D eigenvalue weighted by Crippen LogP contribution is -2.09. The maximum Gasteiger partial charge on any atom is 0.336 e. The van der Waals surface area contributed by atoms with Crippen molar-refractivity contribution in [3.05, 3.63) is 81.6 Å². The molecule has 6 nitrogen and oxygen atoms in total. The summed E-state index contributed by atoms with van der Waals surface area (Å²) in [4.78, 5) is 27.9. The molecule has 29 heavy (non-hydrogen) atoms. The van der Waals surface area contributed by atoms with Gasteiger partial charge in [-0.25, -0.2) is 9.78 Å². The Morgan fingerprint density at radius 1 is 1.10 bits per heavy atom. The van der Waals surface area contributed by atoms with Gasteiger partial charge in [0.15, 0.2) is 11.7 Å². The van der Waals surface area contributed by atoms with Gasteiger partial charge in [0, 0.05) is 34.5 Å². The molecule has 0 amide bonds. The van der Waals surface area contributed by atoms with Crippen molar-refractivity contribution in [1.29, 1.82) is 0 Å². The second-order valence-corrected chi connectivity index (χ2v) is 6.94. The first-order chi connectivity index (χ1) is 14.0. The molecule has 0 aliphatic carbocycles. The number of halogens is 1. The van der Waals surface area contributed by atoms with E-state index in [1.54, 1.807) is 30.5 Å². The molecular weight excluding hydrogens is 394 g/mol. The van der Waals surface area contributed by atoms with Crippen molar-refractivity contribution in [2.24, 2.45) is 0 Å². The molecule has 0 aliphatic heterocycles. The Morgan fingerprint density at radius 3 is 2.69 bits per heavy atom. The van der Waals surface area contributed by atoms with Crippen molar-refractivity contribution in [3.63, 3.8) is 0 Å². The van der Waals surface area contributed by atoms with Gasteiger partial charge in [0.25, 0.3) is 0 Å². The predicted octanol–water partition coefficient (Wildman–Crippen LogP) is 4.95. The number of carbonyl (C=O) groups is 1. The highest BCUT2D eigenvalue weighted by molar-refractivity contribution is 6.30. The van der Waals surface area contributed by atoms with Crippen LogP contribution in [0.2, 0.25) is 5.02 Å². The van der Waals surface area contributed by atoms with Crippen LogP contribution in [0, 0.1) is 6.92 Å². The largest absolute Gasteiger partial charge is 0.441 e. The highest BCUT2D eigenvalue weighted by Crippen LogP contribution is 2.24. The quantitative estimate of drug-likeness (QED) is 0.263. The summed E-state index contributed by atoms with van der Waals surface area (Å²) in [5, 5.41) is 1.43. The van der Waals surface area contributed by atoms with Gasteiger partial charge in [0.2, 0.25) is 0 Å². The van der Waals surface area contributed by atoms with Gasteiger partial charge in [0.05, 0.1) is 12.6 Å². The summed E-state index contributed by atoms with van der Waals surface area (Å²) in [6.07, 6.45) is 2.00. The third-order valence-electron chi connectivity index (χ3n) is 4.38. The number of fused-ring (bicyclic) bond motifs is 1. The zero-order valence-corrected chi connectivity index (χ0v) is 16.2. The van der Waals surface area contributed by atoms with Gasteiger partial charge in [-0.05, 0) is 48.9 Å². The number of hydrogen-bond acceptors (Lipinski definition) is 6. The van der Waals surface area contributed by atoms with Crippen molar-refractivity contribution in [2.45, 2.75) is 19.8 Å². The van der Waals surface area contributed by atoms with Crippen molar-refractivity contribution in [2.75, 3.05) is 0 Å². The first-order valence-corrected chi connectivity index (χ1v) is 9.31. The number of nitrogens with zero attached hydrogens (tertiary/aromatic N) is 1. The van der Waals surface area contributed by atoms with Crippen molar-refractivity contribution >= 4 is 28.5 Å². The third-order valence-corrected chi connectivity index (χ3v) is 4.63. The van der Waals surface area contributed by atoms with Crippen LogP contribution in [-0.4, -0.2) is 11.0 Å². The Bertz CT molecular complexity index is 1240. The molecule has 0 atom stereocenters. The average Bonchev–Trinajstić information content (AvgIpc) is 3.15. The standard InChI is InChI=1S/C22H16ClNO5/c1-13-10-22(26)29-18-11-16(6-7-17(13)18)27-21(25)9-8-20-24-12-19(28-20)14-2-4-15(23)5-3-14/h2-7,10-12H,8-9H2,1H3. The van der Waals surface area contributed by atoms with E-state index in [2.05, 4.69) is 4.98 Å². The Kier molecular flexibility index (Phi) is 5.18. The molecule has 146 valence electrons. The van der Waals surface area contributed by atoms with Crippen LogP contribution in [0.15, 0.2) is 68.4 Å². The summed E-state index contributed by atoms with van der Waals surface area (Å²) in [6.45, 7) is 1.82. The van der Waals surface area contributed by atoms with Crippen molar-refractivity contribution < 1.29 is 18.4 Å². The van der Waals surface area contributed by atoms with Gasteiger partial charge in [0.1, 0.15) is 11.3 Å². The lowest BCUT2D eigenvalue weighted by molar-refractivity contribution is -0.134. The molecule has 0 spiro atoms. The summed E-state index contributed by atoms with van der Waals surface area (Å²) >= 11 is 5.88. The van der Waals surface area contributed by atoms with Crippen molar-refractivity contribution in [3.8, 4) is 17.1 Å². The van der Waals surface area contributed by atoms with Crippen LogP contribution in [-0.2, 0) is 11.2 Å². The predicted molar refractivity (Wildman–Crippen MR) is 108 cm³/mol. The molecule has 0 bridgehead atoms. The van der Waals surface area contributed by atoms with Gasteiger partial charge in [-0.2, -0.15) is 0 Å². The van der Waals surface area contributed by atoms with E-state index in [1.807, 2.05) is 19.1 Å². The zero-order valence-electron chi connectivity index (χ0n) is 15.5. The number of esters is 1. The molecule has 0 radical (unpaired) electrons. The number of hydrogen-bond donors (Lipinski definition) is 0. The minimum Gasteiger partial charge on any atom is -0.441 e. The van der Waals surface area contributed by atoms with E-state index < -0.39 is 11.6 Å². The fourth-order valence-electron chi connectivity index (χ4n) is 2.93. The highest BCUT2D eigenvalue weighted by atomic mass is 35.5. The summed E-state index contributed by atoms with van der Waals surface area (Å²) < 4.78 is 16.2. The lowest BCUT2D eigenvalue weighted by atomic mass is 10.1. The summed E-state index contributed by atoms with van der Waals surface area (Å²) in [5.74, 6) is 0.910. The monoisotopic (exact) mass is 409 g/mol. The second kappa shape index (κ2) is 7.93. The number of oxazole rings is 1. The smallest absolute Gasteiger partial charge is 0.336 e. The van der Waals surface area contributed by atoms with E-state index in [0.717, 1.165) is 16.5 Å². The molecule has 4 aromatic rings. The molecule has 0 saturated heterocycles. The maximum absolute atomic E-state index is 12.2. The fourth-order valence-corrected chi connectivity index (χ4v) is 3.06. The molecule has 2 aromatic carbocycles. The molecule has 0 unspecified atom stereocenters. The van der Waals surface area contributed by atoms with E-state index >= 15 is 0 Å². The number of aryl methyl sites for hydroxylation is 2. The zero-order chi connectivity index (χ0) is 20.4. The number of ether oxygens (including phenoxy) is 1. The molecule has 4 rings (SSSR count). The molecule has 0 N–H and O–H groups in total. The third kappa shape index (κ3) is 4.38. The van der Waals surface area contributed by atoms with E-state index in [0.29, 0.717) is 34.4 Å². The highest BCUT2D eigenvalue weighted by Gasteiger charge is 2.12. The van der Waals surface area contributed by atoms with E-state index in [-0.39, 0.29) is 6.42 Å². The minimum atomic E-state index is -0.445. The molecule has 2 aromatic heterocycles. The molecule has 7 heteroatoms.